The number of hydrogen-bond donors (Lipinski definition) is 1. The Morgan fingerprint density at radius 3 is 2.14 bits per heavy atom. The van der Waals surface area contributed by atoms with Gasteiger partial charge in [0.25, 0.3) is 0 Å². The lowest BCUT2D eigenvalue weighted by Crippen LogP contribution is -2.57. The second-order valence-electron chi connectivity index (χ2n) is 7.47. The molecule has 1 aliphatic rings. The number of hydrogen-bond acceptors (Lipinski definition) is 4. The number of nitrogens with one attached hydrogen (secondary N) is 1. The first kappa shape index (κ1) is 20.1. The van der Waals surface area contributed by atoms with Gasteiger partial charge in [0.2, 0.25) is 5.91 Å². The van der Waals surface area contributed by atoms with Crippen LogP contribution in [0, 0.1) is 0 Å². The van der Waals surface area contributed by atoms with E-state index in [1.165, 1.54) is 0 Å². The smallest absolute Gasteiger partial charge is 0.327 e. The zero-order valence-corrected chi connectivity index (χ0v) is 16.8. The number of carbonyl (C=O) groups excluding carboxylic acids is 2. The molecule has 3 rings (SSSR count). The molecule has 148 valence electrons. The Kier molecular flexibility index (Phi) is 6.15. The van der Waals surface area contributed by atoms with Crippen molar-refractivity contribution in [2.24, 2.45) is 0 Å². The molecule has 0 unspecified atom stereocenters. The van der Waals surface area contributed by atoms with E-state index >= 15 is 0 Å². The molecule has 5 nitrogen and oxygen atoms in total. The topological polar surface area (TPSA) is 58.6 Å². The van der Waals surface area contributed by atoms with Gasteiger partial charge in [-0.25, -0.2) is 0 Å². The maximum atomic E-state index is 13.0. The molecule has 28 heavy (non-hydrogen) atoms. The third-order valence-electron chi connectivity index (χ3n) is 5.17. The highest BCUT2D eigenvalue weighted by molar-refractivity contribution is 5.96. The van der Waals surface area contributed by atoms with Crippen molar-refractivity contribution < 1.29 is 14.3 Å². The zero-order valence-electron chi connectivity index (χ0n) is 16.8. The lowest BCUT2D eigenvalue weighted by Gasteiger charge is -2.31. The number of nitrogens with zero attached hydrogens (tertiary/aromatic N) is 1. The van der Waals surface area contributed by atoms with Gasteiger partial charge in [-0.1, -0.05) is 42.5 Å². The fraction of sp³-hybridized carbons (Fsp3) is 0.391. The van der Waals surface area contributed by atoms with Crippen LogP contribution in [-0.2, 0) is 27.2 Å². The van der Waals surface area contributed by atoms with Crippen LogP contribution in [0.4, 0.5) is 5.69 Å². The Morgan fingerprint density at radius 2 is 1.61 bits per heavy atom. The molecule has 1 amide bonds. The molecule has 0 radical (unpaired) electrons. The second-order valence-corrected chi connectivity index (χ2v) is 7.47. The van der Waals surface area contributed by atoms with E-state index in [0.717, 1.165) is 16.8 Å². The Hall–Kier alpha value is -2.66. The van der Waals surface area contributed by atoms with Crippen LogP contribution in [0.2, 0.25) is 0 Å². The minimum absolute atomic E-state index is 0.0102. The van der Waals surface area contributed by atoms with Crippen LogP contribution in [0.3, 0.4) is 0 Å². The number of benzene rings is 2. The van der Waals surface area contributed by atoms with E-state index in [1.54, 1.807) is 11.8 Å². The second kappa shape index (κ2) is 8.57. The van der Waals surface area contributed by atoms with E-state index in [1.807, 2.05) is 68.4 Å². The van der Waals surface area contributed by atoms with Gasteiger partial charge in [-0.15, -0.1) is 0 Å². The molecule has 0 spiro atoms. The summed E-state index contributed by atoms with van der Waals surface area (Å²) in [5, 5.41) is 3.27. The van der Waals surface area contributed by atoms with Crippen LogP contribution in [0.1, 0.15) is 31.9 Å². The summed E-state index contributed by atoms with van der Waals surface area (Å²) in [5.74, 6) is -0.365. The molecule has 2 aromatic carbocycles. The van der Waals surface area contributed by atoms with Gasteiger partial charge in [0.05, 0.1) is 13.2 Å². The van der Waals surface area contributed by atoms with Crippen molar-refractivity contribution >= 4 is 17.6 Å². The Morgan fingerprint density at radius 1 is 1.04 bits per heavy atom. The maximum absolute atomic E-state index is 13.0. The van der Waals surface area contributed by atoms with Crippen LogP contribution in [-0.4, -0.2) is 36.6 Å². The van der Waals surface area contributed by atoms with E-state index in [-0.39, 0.29) is 24.5 Å². The van der Waals surface area contributed by atoms with Crippen LogP contribution >= 0.6 is 0 Å². The molecule has 0 heterocycles. The predicted molar refractivity (Wildman–Crippen MR) is 110 cm³/mol. The molecule has 0 aliphatic heterocycles. The van der Waals surface area contributed by atoms with Gasteiger partial charge >= 0.3 is 5.97 Å². The SMILES string of the molecule is CCOC(=O)C1(NCC(=O)N(c2ccccc2)C(C)C)Cc2ccccc2C1. The largest absolute Gasteiger partial charge is 0.465 e. The number of anilines is 1. The molecule has 5 heteroatoms. The molecular weight excluding hydrogens is 352 g/mol. The summed E-state index contributed by atoms with van der Waals surface area (Å²) in [6.07, 6.45) is 1.06. The number of para-hydroxylation sites is 1. The molecule has 1 aliphatic carbocycles. The van der Waals surface area contributed by atoms with Crippen LogP contribution in [0.5, 0.6) is 0 Å². The standard InChI is InChI=1S/C23H28N2O3/c1-4-28-22(27)23(14-18-10-8-9-11-19(18)15-23)24-16-21(26)25(17(2)3)20-12-6-5-7-13-20/h5-13,17,24H,4,14-16H2,1-3H3. The normalized spacial score (nSPS) is 14.6. The number of ether oxygens (including phenoxy) is 1. The summed E-state index contributed by atoms with van der Waals surface area (Å²) in [6.45, 7) is 6.15. The number of amides is 1. The van der Waals surface area contributed by atoms with Gasteiger partial charge in [-0.2, -0.15) is 0 Å². The maximum Gasteiger partial charge on any atom is 0.327 e. The number of carbonyl (C=O) groups is 2. The van der Waals surface area contributed by atoms with Gasteiger partial charge in [0.1, 0.15) is 5.54 Å². The average molecular weight is 380 g/mol. The minimum Gasteiger partial charge on any atom is -0.465 e. The highest BCUT2D eigenvalue weighted by Crippen LogP contribution is 2.31. The van der Waals surface area contributed by atoms with E-state index in [4.69, 9.17) is 4.74 Å². The monoisotopic (exact) mass is 380 g/mol. The third-order valence-corrected chi connectivity index (χ3v) is 5.17. The molecule has 0 aromatic heterocycles. The van der Waals surface area contributed by atoms with Gasteiger partial charge < -0.3 is 9.64 Å². The predicted octanol–water partition coefficient (Wildman–Crippen LogP) is 3.12. The Bertz CT molecular complexity index is 808. The fourth-order valence-electron chi connectivity index (χ4n) is 3.87. The summed E-state index contributed by atoms with van der Waals surface area (Å²) in [6, 6.07) is 17.6. The van der Waals surface area contributed by atoms with Gasteiger partial charge in [0.15, 0.2) is 0 Å². The van der Waals surface area contributed by atoms with Crippen LogP contribution in [0.15, 0.2) is 54.6 Å². The summed E-state index contributed by atoms with van der Waals surface area (Å²) in [7, 11) is 0. The van der Waals surface area contributed by atoms with Crippen molar-refractivity contribution in [3.05, 3.63) is 65.7 Å². The molecule has 2 aromatic rings. The number of rotatable bonds is 7. The highest BCUT2D eigenvalue weighted by Gasteiger charge is 2.45. The van der Waals surface area contributed by atoms with Crippen LogP contribution in [0.25, 0.3) is 0 Å². The first-order chi connectivity index (χ1) is 13.5. The summed E-state index contributed by atoms with van der Waals surface area (Å²) in [5.41, 5.74) is 2.21. The minimum atomic E-state index is -0.894. The summed E-state index contributed by atoms with van der Waals surface area (Å²) >= 11 is 0. The van der Waals surface area contributed by atoms with Crippen molar-refractivity contribution in [3.8, 4) is 0 Å². The van der Waals surface area contributed by atoms with Crippen molar-refractivity contribution in [1.29, 1.82) is 0 Å². The summed E-state index contributed by atoms with van der Waals surface area (Å²) < 4.78 is 5.36. The van der Waals surface area contributed by atoms with Gasteiger partial charge in [-0.3, -0.25) is 14.9 Å². The lowest BCUT2D eigenvalue weighted by atomic mass is 9.95. The molecule has 0 atom stereocenters. The zero-order chi connectivity index (χ0) is 20.1. The van der Waals surface area contributed by atoms with Crippen molar-refractivity contribution in [2.45, 2.75) is 45.2 Å². The number of esters is 1. The first-order valence-electron chi connectivity index (χ1n) is 9.83. The Balaban J connectivity index is 1.79. The number of fused-ring (bicyclic) bond motifs is 1. The van der Waals surface area contributed by atoms with E-state index in [0.29, 0.717) is 19.4 Å². The molecule has 1 N–H and O–H groups in total. The lowest BCUT2D eigenvalue weighted by molar-refractivity contribution is -0.151. The fourth-order valence-corrected chi connectivity index (χ4v) is 3.87. The Labute approximate surface area is 166 Å². The molecule has 0 saturated carbocycles. The van der Waals surface area contributed by atoms with Gasteiger partial charge in [-0.05, 0) is 44.0 Å². The van der Waals surface area contributed by atoms with Gasteiger partial charge in [0, 0.05) is 24.6 Å². The van der Waals surface area contributed by atoms with E-state index < -0.39 is 5.54 Å². The van der Waals surface area contributed by atoms with Crippen LogP contribution < -0.4 is 10.2 Å². The third kappa shape index (κ3) is 4.09. The molecular formula is C23H28N2O3. The summed E-state index contributed by atoms with van der Waals surface area (Å²) in [4.78, 5) is 27.6. The first-order valence-corrected chi connectivity index (χ1v) is 9.83. The van der Waals surface area contributed by atoms with E-state index in [2.05, 4.69) is 5.32 Å². The van der Waals surface area contributed by atoms with Crippen molar-refractivity contribution in [1.82, 2.24) is 5.32 Å². The van der Waals surface area contributed by atoms with E-state index in [9.17, 15) is 9.59 Å². The van der Waals surface area contributed by atoms with Crippen molar-refractivity contribution in [2.75, 3.05) is 18.1 Å². The quantitative estimate of drug-likeness (QED) is 0.750. The highest BCUT2D eigenvalue weighted by atomic mass is 16.5. The molecule has 0 saturated heterocycles. The molecule has 0 bridgehead atoms. The molecule has 0 fully saturated rings. The average Bonchev–Trinajstić information content (AvgIpc) is 3.07. The van der Waals surface area contributed by atoms with Crippen molar-refractivity contribution in [3.63, 3.8) is 0 Å².